The standard InChI is InChI=1S/C19H31NO2/c1-8-17(19(21)20-18(12(2)3)13(4)5)22-16-10-14(6)9-15(7)11-16/h9-13,17-18H,8H2,1-7H3,(H,20,21)/t17-/m0/s1. The van der Waals surface area contributed by atoms with Crippen LogP contribution in [0, 0.1) is 25.7 Å². The van der Waals surface area contributed by atoms with Gasteiger partial charge in [-0.1, -0.05) is 40.7 Å². The van der Waals surface area contributed by atoms with E-state index in [9.17, 15) is 4.79 Å². The number of hydrogen-bond donors (Lipinski definition) is 1. The second kappa shape index (κ2) is 8.21. The summed E-state index contributed by atoms with van der Waals surface area (Å²) in [5.41, 5.74) is 2.29. The lowest BCUT2D eigenvalue weighted by Crippen LogP contribution is -2.48. The zero-order chi connectivity index (χ0) is 16.9. The molecule has 0 fully saturated rings. The van der Waals surface area contributed by atoms with E-state index in [0.29, 0.717) is 18.3 Å². The first-order valence-corrected chi connectivity index (χ1v) is 8.29. The van der Waals surface area contributed by atoms with Gasteiger partial charge < -0.3 is 10.1 Å². The van der Waals surface area contributed by atoms with Crippen molar-refractivity contribution in [2.45, 2.75) is 67.0 Å². The largest absolute Gasteiger partial charge is 0.481 e. The molecule has 124 valence electrons. The van der Waals surface area contributed by atoms with Gasteiger partial charge in [0, 0.05) is 6.04 Å². The highest BCUT2D eigenvalue weighted by atomic mass is 16.5. The van der Waals surface area contributed by atoms with Crippen molar-refractivity contribution >= 4 is 5.91 Å². The Kier molecular flexibility index (Phi) is 6.92. The molecule has 0 aromatic heterocycles. The Morgan fingerprint density at radius 2 is 1.55 bits per heavy atom. The smallest absolute Gasteiger partial charge is 0.261 e. The van der Waals surface area contributed by atoms with Gasteiger partial charge in [-0.05, 0) is 55.4 Å². The van der Waals surface area contributed by atoms with Crippen molar-refractivity contribution in [3.05, 3.63) is 29.3 Å². The third-order valence-corrected chi connectivity index (χ3v) is 3.88. The lowest BCUT2D eigenvalue weighted by atomic mass is 9.93. The number of benzene rings is 1. The minimum Gasteiger partial charge on any atom is -0.481 e. The Balaban J connectivity index is 2.80. The number of carbonyl (C=O) groups is 1. The van der Waals surface area contributed by atoms with Gasteiger partial charge in [-0.3, -0.25) is 4.79 Å². The molecule has 0 saturated carbocycles. The van der Waals surface area contributed by atoms with E-state index < -0.39 is 6.10 Å². The molecule has 0 aliphatic heterocycles. The maximum Gasteiger partial charge on any atom is 0.261 e. The van der Waals surface area contributed by atoms with Crippen LogP contribution >= 0.6 is 0 Å². The normalized spacial score (nSPS) is 12.8. The molecule has 0 bridgehead atoms. The number of ether oxygens (including phenoxy) is 1. The Bertz CT molecular complexity index is 466. The first kappa shape index (κ1) is 18.5. The molecular weight excluding hydrogens is 274 g/mol. The van der Waals surface area contributed by atoms with Crippen molar-refractivity contribution < 1.29 is 9.53 Å². The van der Waals surface area contributed by atoms with E-state index in [1.807, 2.05) is 32.9 Å². The zero-order valence-corrected chi connectivity index (χ0v) is 15.1. The van der Waals surface area contributed by atoms with Gasteiger partial charge in [-0.2, -0.15) is 0 Å². The van der Waals surface area contributed by atoms with Crippen molar-refractivity contribution in [3.8, 4) is 5.75 Å². The van der Waals surface area contributed by atoms with Crippen molar-refractivity contribution in [3.63, 3.8) is 0 Å². The number of carbonyl (C=O) groups excluding carboxylic acids is 1. The average molecular weight is 305 g/mol. The van der Waals surface area contributed by atoms with Crippen molar-refractivity contribution in [1.82, 2.24) is 5.32 Å². The van der Waals surface area contributed by atoms with Crippen LogP contribution in [0.1, 0.15) is 52.2 Å². The van der Waals surface area contributed by atoms with Crippen LogP contribution in [0.5, 0.6) is 5.75 Å². The fourth-order valence-electron chi connectivity index (χ4n) is 2.85. The minimum absolute atomic E-state index is 0.0194. The molecule has 1 aromatic rings. The van der Waals surface area contributed by atoms with Crippen LogP contribution in [-0.4, -0.2) is 18.1 Å². The van der Waals surface area contributed by atoms with Crippen LogP contribution in [-0.2, 0) is 4.79 Å². The maximum atomic E-state index is 12.5. The SMILES string of the molecule is CC[C@H](Oc1cc(C)cc(C)c1)C(=O)NC(C(C)C)C(C)C. The third kappa shape index (κ3) is 5.36. The Labute approximate surface area is 135 Å². The van der Waals surface area contributed by atoms with Crippen molar-refractivity contribution in [1.29, 1.82) is 0 Å². The van der Waals surface area contributed by atoms with Crippen molar-refractivity contribution in [2.24, 2.45) is 11.8 Å². The van der Waals surface area contributed by atoms with Crippen LogP contribution in [0.2, 0.25) is 0 Å². The highest BCUT2D eigenvalue weighted by Gasteiger charge is 2.25. The molecule has 0 spiro atoms. The summed E-state index contributed by atoms with van der Waals surface area (Å²) in [6.45, 7) is 14.6. The molecule has 3 heteroatoms. The predicted molar refractivity (Wildman–Crippen MR) is 92.2 cm³/mol. The number of rotatable bonds is 7. The van der Waals surface area contributed by atoms with E-state index in [1.165, 1.54) is 0 Å². The first-order valence-electron chi connectivity index (χ1n) is 8.29. The number of hydrogen-bond acceptors (Lipinski definition) is 2. The Morgan fingerprint density at radius 1 is 1.05 bits per heavy atom. The predicted octanol–water partition coefficient (Wildman–Crippen LogP) is 4.26. The summed E-state index contributed by atoms with van der Waals surface area (Å²) >= 11 is 0. The van der Waals surface area contributed by atoms with Crippen LogP contribution in [0.25, 0.3) is 0 Å². The van der Waals surface area contributed by atoms with Gasteiger partial charge in [0.2, 0.25) is 0 Å². The third-order valence-electron chi connectivity index (χ3n) is 3.88. The van der Waals surface area contributed by atoms with Gasteiger partial charge in [0.25, 0.3) is 5.91 Å². The molecule has 0 radical (unpaired) electrons. The van der Waals surface area contributed by atoms with E-state index in [1.54, 1.807) is 0 Å². The topological polar surface area (TPSA) is 38.3 Å². The van der Waals surface area contributed by atoms with Crippen molar-refractivity contribution in [2.75, 3.05) is 0 Å². The lowest BCUT2D eigenvalue weighted by molar-refractivity contribution is -0.129. The molecule has 0 aliphatic carbocycles. The summed E-state index contributed by atoms with van der Waals surface area (Å²) in [4.78, 5) is 12.5. The highest BCUT2D eigenvalue weighted by molar-refractivity contribution is 5.81. The van der Waals surface area contributed by atoms with Crippen LogP contribution < -0.4 is 10.1 Å². The van der Waals surface area contributed by atoms with Crippen LogP contribution in [0.4, 0.5) is 0 Å². The van der Waals surface area contributed by atoms with E-state index in [-0.39, 0.29) is 11.9 Å². The first-order chi connectivity index (χ1) is 10.2. The van der Waals surface area contributed by atoms with Gasteiger partial charge in [0.1, 0.15) is 5.75 Å². The second-order valence-electron chi connectivity index (χ2n) is 6.86. The molecule has 1 rings (SSSR count). The minimum atomic E-state index is -0.443. The zero-order valence-electron chi connectivity index (χ0n) is 15.1. The molecule has 1 N–H and O–H groups in total. The molecular formula is C19H31NO2. The van der Waals surface area contributed by atoms with Crippen LogP contribution in [0.3, 0.4) is 0 Å². The van der Waals surface area contributed by atoms with Gasteiger partial charge in [0.05, 0.1) is 0 Å². The average Bonchev–Trinajstić information content (AvgIpc) is 2.39. The van der Waals surface area contributed by atoms with Gasteiger partial charge in [-0.25, -0.2) is 0 Å². The molecule has 1 atom stereocenters. The molecule has 0 saturated heterocycles. The van der Waals surface area contributed by atoms with E-state index in [0.717, 1.165) is 16.9 Å². The summed E-state index contributed by atoms with van der Waals surface area (Å²) in [6.07, 6.45) is 0.211. The summed E-state index contributed by atoms with van der Waals surface area (Å²) in [6, 6.07) is 6.22. The summed E-state index contributed by atoms with van der Waals surface area (Å²) < 4.78 is 5.94. The molecule has 1 aromatic carbocycles. The van der Waals surface area contributed by atoms with E-state index in [2.05, 4.69) is 39.1 Å². The summed E-state index contributed by atoms with van der Waals surface area (Å²) in [5.74, 6) is 1.56. The summed E-state index contributed by atoms with van der Waals surface area (Å²) in [7, 11) is 0. The van der Waals surface area contributed by atoms with E-state index in [4.69, 9.17) is 4.74 Å². The molecule has 0 heterocycles. The van der Waals surface area contributed by atoms with Gasteiger partial charge in [0.15, 0.2) is 6.10 Å². The van der Waals surface area contributed by atoms with Gasteiger partial charge in [-0.15, -0.1) is 0 Å². The molecule has 22 heavy (non-hydrogen) atoms. The quantitative estimate of drug-likeness (QED) is 0.817. The monoisotopic (exact) mass is 305 g/mol. The number of amides is 1. The fourth-order valence-corrected chi connectivity index (χ4v) is 2.85. The number of nitrogens with one attached hydrogen (secondary N) is 1. The molecule has 0 unspecified atom stereocenters. The Hall–Kier alpha value is -1.51. The number of aryl methyl sites for hydroxylation is 2. The van der Waals surface area contributed by atoms with E-state index >= 15 is 0 Å². The van der Waals surface area contributed by atoms with Gasteiger partial charge >= 0.3 is 0 Å². The maximum absolute atomic E-state index is 12.5. The summed E-state index contributed by atoms with van der Waals surface area (Å²) in [5, 5.41) is 3.15. The molecule has 1 amide bonds. The Morgan fingerprint density at radius 3 is 1.95 bits per heavy atom. The molecule has 0 aliphatic rings. The fraction of sp³-hybridized carbons (Fsp3) is 0.632. The lowest BCUT2D eigenvalue weighted by Gasteiger charge is -2.28. The molecule has 3 nitrogen and oxygen atoms in total. The second-order valence-corrected chi connectivity index (χ2v) is 6.86. The highest BCUT2D eigenvalue weighted by Crippen LogP contribution is 2.19. The van der Waals surface area contributed by atoms with Crippen LogP contribution in [0.15, 0.2) is 18.2 Å².